The van der Waals surface area contributed by atoms with Gasteiger partial charge in [-0.1, -0.05) is 39.8 Å². The third kappa shape index (κ3) is 4.58. The first-order chi connectivity index (χ1) is 8.88. The molecule has 3 heteroatoms. The molecule has 0 heterocycles. The number of hydrogen-bond acceptors (Lipinski definition) is 3. The highest BCUT2D eigenvalue weighted by molar-refractivity contribution is 5.75. The summed E-state index contributed by atoms with van der Waals surface area (Å²) in [5.41, 5.74) is 1.24. The summed E-state index contributed by atoms with van der Waals surface area (Å²) >= 11 is 0. The average molecular weight is 264 g/mol. The van der Waals surface area contributed by atoms with E-state index in [9.17, 15) is 4.79 Å². The van der Waals surface area contributed by atoms with Crippen molar-refractivity contribution in [1.82, 2.24) is 0 Å². The van der Waals surface area contributed by atoms with Gasteiger partial charge in [-0.25, -0.2) is 4.79 Å². The normalized spacial score (nSPS) is 12.9. The molecule has 0 fully saturated rings. The predicted molar refractivity (Wildman–Crippen MR) is 76.5 cm³/mol. The molecule has 0 aliphatic rings. The molecule has 1 rings (SSSR count). The Kier molecular flexibility index (Phi) is 5.40. The van der Waals surface area contributed by atoms with Gasteiger partial charge >= 0.3 is 5.97 Å². The van der Waals surface area contributed by atoms with Crippen molar-refractivity contribution < 1.29 is 14.3 Å². The average Bonchev–Trinajstić information content (AvgIpc) is 2.35. The van der Waals surface area contributed by atoms with Crippen molar-refractivity contribution in [3.63, 3.8) is 0 Å². The van der Waals surface area contributed by atoms with E-state index >= 15 is 0 Å². The second-order valence-corrected chi connectivity index (χ2v) is 5.54. The Morgan fingerprint density at radius 1 is 1.26 bits per heavy atom. The fourth-order valence-electron chi connectivity index (χ4n) is 1.73. The van der Waals surface area contributed by atoms with E-state index in [1.807, 2.05) is 25.1 Å². The maximum Gasteiger partial charge on any atom is 0.347 e. The van der Waals surface area contributed by atoms with Gasteiger partial charge in [0.25, 0.3) is 0 Å². The molecule has 3 nitrogen and oxygen atoms in total. The van der Waals surface area contributed by atoms with E-state index in [-0.39, 0.29) is 11.4 Å². The maximum absolute atomic E-state index is 11.7. The van der Waals surface area contributed by atoms with E-state index in [1.165, 1.54) is 5.56 Å². The Morgan fingerprint density at radius 3 is 2.47 bits per heavy atom. The molecule has 0 aliphatic heterocycles. The smallest absolute Gasteiger partial charge is 0.347 e. The van der Waals surface area contributed by atoms with Crippen LogP contribution in [0.5, 0.6) is 5.75 Å². The largest absolute Gasteiger partial charge is 0.479 e. The van der Waals surface area contributed by atoms with Crippen molar-refractivity contribution >= 4 is 5.97 Å². The summed E-state index contributed by atoms with van der Waals surface area (Å²) in [6, 6.07) is 7.88. The minimum atomic E-state index is -0.532. The summed E-state index contributed by atoms with van der Waals surface area (Å²) in [6.45, 7) is 10.5. The first-order valence-corrected chi connectivity index (χ1v) is 6.82. The summed E-state index contributed by atoms with van der Waals surface area (Å²) in [5.74, 6) is 0.415. The molecule has 0 saturated carbocycles. The second kappa shape index (κ2) is 6.60. The van der Waals surface area contributed by atoms with E-state index in [0.29, 0.717) is 18.8 Å². The molecular weight excluding hydrogens is 240 g/mol. The van der Waals surface area contributed by atoms with E-state index in [2.05, 4.69) is 26.8 Å². The first kappa shape index (κ1) is 15.5. The molecule has 1 aromatic carbocycles. The van der Waals surface area contributed by atoms with Gasteiger partial charge in [0.2, 0.25) is 0 Å². The van der Waals surface area contributed by atoms with Crippen LogP contribution in [0.4, 0.5) is 0 Å². The number of esters is 1. The SMILES string of the molecule is CCOC(=O)C(CC)Oc1cccc(C(C)(C)C)c1. The van der Waals surface area contributed by atoms with Gasteiger partial charge in [-0.2, -0.15) is 0 Å². The van der Waals surface area contributed by atoms with E-state index in [0.717, 1.165) is 0 Å². The molecule has 106 valence electrons. The summed E-state index contributed by atoms with van der Waals surface area (Å²) < 4.78 is 10.7. The number of carbonyl (C=O) groups excluding carboxylic acids is 1. The topological polar surface area (TPSA) is 35.5 Å². The molecule has 1 atom stereocenters. The van der Waals surface area contributed by atoms with Crippen LogP contribution in [0.1, 0.15) is 46.6 Å². The second-order valence-electron chi connectivity index (χ2n) is 5.54. The molecular formula is C16H24O3. The fraction of sp³-hybridized carbons (Fsp3) is 0.562. The third-order valence-electron chi connectivity index (χ3n) is 2.90. The molecule has 19 heavy (non-hydrogen) atoms. The standard InChI is InChI=1S/C16H24O3/c1-6-14(15(17)18-7-2)19-13-10-8-9-12(11-13)16(3,4)5/h8-11,14H,6-7H2,1-5H3. The van der Waals surface area contributed by atoms with Gasteiger partial charge in [-0.3, -0.25) is 0 Å². The zero-order chi connectivity index (χ0) is 14.5. The summed E-state index contributed by atoms with van der Waals surface area (Å²) in [6.07, 6.45) is 0.0636. The van der Waals surface area contributed by atoms with Crippen LogP contribution in [0, 0.1) is 0 Å². The van der Waals surface area contributed by atoms with Crippen LogP contribution < -0.4 is 4.74 Å². The maximum atomic E-state index is 11.7. The van der Waals surface area contributed by atoms with Gasteiger partial charge in [0, 0.05) is 0 Å². The van der Waals surface area contributed by atoms with Crippen molar-refractivity contribution in [3.8, 4) is 5.75 Å². The highest BCUT2D eigenvalue weighted by atomic mass is 16.6. The number of ether oxygens (including phenoxy) is 2. The first-order valence-electron chi connectivity index (χ1n) is 6.82. The number of rotatable bonds is 5. The van der Waals surface area contributed by atoms with Gasteiger partial charge < -0.3 is 9.47 Å². The highest BCUT2D eigenvalue weighted by Gasteiger charge is 2.20. The molecule has 0 N–H and O–H groups in total. The quantitative estimate of drug-likeness (QED) is 0.761. The van der Waals surface area contributed by atoms with Crippen LogP contribution in [0.25, 0.3) is 0 Å². The molecule has 1 unspecified atom stereocenters. The molecule has 0 aromatic heterocycles. The summed E-state index contributed by atoms with van der Waals surface area (Å²) in [5, 5.41) is 0. The van der Waals surface area contributed by atoms with Crippen molar-refractivity contribution in [1.29, 1.82) is 0 Å². The molecule has 0 radical (unpaired) electrons. The van der Waals surface area contributed by atoms with Crippen LogP contribution in [0.15, 0.2) is 24.3 Å². The van der Waals surface area contributed by atoms with Gasteiger partial charge in [-0.05, 0) is 36.5 Å². The van der Waals surface area contributed by atoms with Crippen molar-refractivity contribution in [2.45, 2.75) is 52.6 Å². The number of carbonyl (C=O) groups is 1. The molecule has 1 aromatic rings. The lowest BCUT2D eigenvalue weighted by atomic mass is 9.87. The number of hydrogen-bond donors (Lipinski definition) is 0. The Balaban J connectivity index is 2.83. The Hall–Kier alpha value is -1.51. The zero-order valence-corrected chi connectivity index (χ0v) is 12.5. The Morgan fingerprint density at radius 2 is 1.95 bits per heavy atom. The monoisotopic (exact) mass is 264 g/mol. The van der Waals surface area contributed by atoms with Crippen molar-refractivity contribution in [2.24, 2.45) is 0 Å². The lowest BCUT2D eigenvalue weighted by Gasteiger charge is -2.21. The van der Waals surface area contributed by atoms with Gasteiger partial charge in [-0.15, -0.1) is 0 Å². The van der Waals surface area contributed by atoms with Crippen LogP contribution in [-0.2, 0) is 14.9 Å². The van der Waals surface area contributed by atoms with Crippen molar-refractivity contribution in [2.75, 3.05) is 6.61 Å². The summed E-state index contributed by atoms with van der Waals surface area (Å²) in [4.78, 5) is 11.7. The van der Waals surface area contributed by atoms with Crippen LogP contribution >= 0.6 is 0 Å². The van der Waals surface area contributed by atoms with E-state index in [4.69, 9.17) is 9.47 Å². The Bertz CT molecular complexity index is 418. The van der Waals surface area contributed by atoms with E-state index < -0.39 is 6.10 Å². The zero-order valence-electron chi connectivity index (χ0n) is 12.5. The van der Waals surface area contributed by atoms with Gasteiger partial charge in [0.1, 0.15) is 5.75 Å². The predicted octanol–water partition coefficient (Wildman–Crippen LogP) is 3.70. The highest BCUT2D eigenvalue weighted by Crippen LogP contribution is 2.26. The van der Waals surface area contributed by atoms with Crippen molar-refractivity contribution in [3.05, 3.63) is 29.8 Å². The molecule has 0 aliphatic carbocycles. The lowest BCUT2D eigenvalue weighted by Crippen LogP contribution is -2.28. The minimum Gasteiger partial charge on any atom is -0.479 e. The lowest BCUT2D eigenvalue weighted by molar-refractivity contribution is -0.151. The van der Waals surface area contributed by atoms with Crippen LogP contribution in [0.2, 0.25) is 0 Å². The molecule has 0 amide bonds. The Labute approximate surface area is 115 Å². The minimum absolute atomic E-state index is 0.0605. The van der Waals surface area contributed by atoms with Gasteiger partial charge in [0.15, 0.2) is 6.10 Å². The van der Waals surface area contributed by atoms with Crippen LogP contribution in [-0.4, -0.2) is 18.7 Å². The third-order valence-corrected chi connectivity index (χ3v) is 2.90. The fourth-order valence-corrected chi connectivity index (χ4v) is 1.73. The van der Waals surface area contributed by atoms with Gasteiger partial charge in [0.05, 0.1) is 6.61 Å². The van der Waals surface area contributed by atoms with E-state index in [1.54, 1.807) is 6.92 Å². The summed E-state index contributed by atoms with van der Waals surface area (Å²) in [7, 11) is 0. The number of benzene rings is 1. The van der Waals surface area contributed by atoms with Crippen LogP contribution in [0.3, 0.4) is 0 Å². The molecule has 0 spiro atoms. The molecule has 0 bridgehead atoms. The molecule has 0 saturated heterocycles.